The molecule has 3 N–H and O–H groups in total. The number of ether oxygens (including phenoxy) is 1. The number of rotatable bonds is 6. The normalized spacial score (nSPS) is 14.5. The van der Waals surface area contributed by atoms with Crippen molar-refractivity contribution in [1.82, 2.24) is 5.32 Å². The smallest absolute Gasteiger partial charge is 0.460 e. The van der Waals surface area contributed by atoms with E-state index in [1.54, 1.807) is 0 Å². The highest BCUT2D eigenvalue weighted by atomic mass is 19.4. The predicted molar refractivity (Wildman–Crippen MR) is 76.3 cm³/mol. The lowest BCUT2D eigenvalue weighted by Crippen LogP contribution is -3.06. The highest BCUT2D eigenvalue weighted by Gasteiger charge is 2.67. The number of hydrogen-bond acceptors (Lipinski definition) is 3. The van der Waals surface area contributed by atoms with Gasteiger partial charge in [0.25, 0.3) is 0 Å². The Morgan fingerprint density at radius 2 is 1.77 bits per heavy atom. The van der Waals surface area contributed by atoms with E-state index in [9.17, 15) is 35.9 Å². The second kappa shape index (κ2) is 7.94. The third kappa shape index (κ3) is 5.10. The van der Waals surface area contributed by atoms with Crippen LogP contribution in [-0.2, 0) is 27.0 Å². The molecule has 0 spiro atoms. The summed E-state index contributed by atoms with van der Waals surface area (Å²) in [4.78, 5) is 23.2. The number of hydrogen-bond donors (Lipinski definition) is 2. The van der Waals surface area contributed by atoms with Crippen LogP contribution in [0.25, 0.3) is 0 Å². The zero-order chi connectivity index (χ0) is 20.2. The van der Waals surface area contributed by atoms with Crippen LogP contribution in [0.3, 0.4) is 0 Å². The molecule has 0 bridgehead atoms. The molecular weight excluding hydrogens is 370 g/mol. The van der Waals surface area contributed by atoms with Crippen molar-refractivity contribution in [2.75, 3.05) is 6.61 Å². The fraction of sp³-hybridized carbons (Fsp3) is 0.467. The van der Waals surface area contributed by atoms with Crippen LogP contribution in [0.15, 0.2) is 24.3 Å². The van der Waals surface area contributed by atoms with Gasteiger partial charge in [-0.05, 0) is 19.1 Å². The van der Waals surface area contributed by atoms with Crippen molar-refractivity contribution >= 4 is 11.9 Å². The summed E-state index contributed by atoms with van der Waals surface area (Å²) < 4.78 is 83.2. The molecule has 0 saturated carbocycles. The van der Waals surface area contributed by atoms with E-state index in [0.29, 0.717) is 11.4 Å². The van der Waals surface area contributed by atoms with E-state index in [-0.39, 0.29) is 12.2 Å². The summed E-state index contributed by atoms with van der Waals surface area (Å²) in [6, 6.07) is 3.63. The summed E-state index contributed by atoms with van der Waals surface area (Å²) in [7, 11) is 0. The third-order valence-electron chi connectivity index (χ3n) is 3.32. The average Bonchev–Trinajstić information content (AvgIpc) is 2.49. The lowest BCUT2D eigenvalue weighted by molar-refractivity contribution is -0.757. The van der Waals surface area contributed by atoms with E-state index in [1.165, 1.54) is 18.3 Å². The number of carbonyl (C=O) groups excluding carboxylic acids is 2. The monoisotopic (exact) mass is 387 g/mol. The van der Waals surface area contributed by atoms with Gasteiger partial charge in [-0.15, -0.1) is 0 Å². The molecule has 0 saturated heterocycles. The highest BCUT2D eigenvalue weighted by molar-refractivity contribution is 5.86. The summed E-state index contributed by atoms with van der Waals surface area (Å²) >= 11 is 0. The predicted octanol–water partition coefficient (Wildman–Crippen LogP) is 1.73. The molecule has 5 nitrogen and oxygen atoms in total. The highest BCUT2D eigenvalue weighted by Crippen LogP contribution is 2.30. The summed E-state index contributed by atoms with van der Waals surface area (Å²) in [5, 5.41) is 1.91. The second-order valence-corrected chi connectivity index (χ2v) is 5.31. The zero-order valence-electron chi connectivity index (χ0n) is 13.8. The van der Waals surface area contributed by atoms with Gasteiger partial charge in [0.1, 0.15) is 6.54 Å². The SMILES string of the molecule is CCOC(=O)[C@@](NC(C)=O)([NH2+]Cc1cccc(C(F)(F)F)c1)C(F)(F)F. The van der Waals surface area contributed by atoms with Gasteiger partial charge in [0.05, 0.1) is 12.2 Å². The Bertz CT molecular complexity index is 660. The third-order valence-corrected chi connectivity index (χ3v) is 3.32. The topological polar surface area (TPSA) is 72.0 Å². The Balaban J connectivity index is 3.21. The minimum Gasteiger partial charge on any atom is -0.460 e. The molecule has 1 aromatic carbocycles. The summed E-state index contributed by atoms with van der Waals surface area (Å²) in [6.45, 7) is 1.01. The zero-order valence-corrected chi connectivity index (χ0v) is 13.8. The standard InChI is InChI=1S/C15H16F6N2O3/c1-3-26-12(25)13(15(19,20)21,23-9(2)24)22-8-10-5-4-6-11(7-10)14(16,17)18/h4-7,22H,3,8H2,1-2H3,(H,23,24)/p+1/t13-/m0/s1. The molecule has 1 aromatic rings. The minimum atomic E-state index is -5.26. The molecule has 0 fully saturated rings. The van der Waals surface area contributed by atoms with Gasteiger partial charge in [0, 0.05) is 12.5 Å². The number of nitrogens with one attached hydrogen (secondary N) is 1. The Morgan fingerprint density at radius 1 is 1.15 bits per heavy atom. The van der Waals surface area contributed by atoms with Gasteiger partial charge < -0.3 is 10.1 Å². The number of alkyl halides is 6. The van der Waals surface area contributed by atoms with Crippen molar-refractivity contribution in [2.24, 2.45) is 0 Å². The summed E-state index contributed by atoms with van der Waals surface area (Å²) in [6.07, 6.45) is -9.93. The Labute approximate surface area is 144 Å². The first-order chi connectivity index (χ1) is 11.8. The number of benzene rings is 1. The molecule has 0 aromatic heterocycles. The number of quaternary nitrogens is 1. The molecule has 1 amide bonds. The molecule has 0 aliphatic carbocycles. The molecule has 0 aliphatic heterocycles. The van der Waals surface area contributed by atoms with Crippen LogP contribution in [0.5, 0.6) is 0 Å². The minimum absolute atomic E-state index is 0.122. The number of esters is 1. The van der Waals surface area contributed by atoms with Crippen LogP contribution >= 0.6 is 0 Å². The van der Waals surface area contributed by atoms with Gasteiger partial charge in [-0.1, -0.05) is 12.1 Å². The number of nitrogens with two attached hydrogens (primary N) is 1. The fourth-order valence-electron chi connectivity index (χ4n) is 2.16. The fourth-order valence-corrected chi connectivity index (χ4v) is 2.16. The first-order valence-corrected chi connectivity index (χ1v) is 7.36. The largest absolute Gasteiger partial charge is 0.478 e. The maximum atomic E-state index is 13.6. The second-order valence-electron chi connectivity index (χ2n) is 5.31. The van der Waals surface area contributed by atoms with Gasteiger partial charge in [-0.25, -0.2) is 4.79 Å². The Hall–Kier alpha value is -2.30. The van der Waals surface area contributed by atoms with Crippen LogP contribution in [-0.4, -0.2) is 30.3 Å². The molecule has 1 atom stereocenters. The van der Waals surface area contributed by atoms with Gasteiger partial charge in [-0.3, -0.25) is 10.1 Å². The van der Waals surface area contributed by atoms with E-state index in [1.807, 2.05) is 0 Å². The first-order valence-electron chi connectivity index (χ1n) is 7.36. The molecule has 11 heteroatoms. The number of halogens is 6. The van der Waals surface area contributed by atoms with Gasteiger partial charge >= 0.3 is 24.0 Å². The lowest BCUT2D eigenvalue weighted by atomic mass is 10.1. The molecule has 0 radical (unpaired) electrons. The van der Waals surface area contributed by atoms with E-state index >= 15 is 0 Å². The molecular formula is C15H17F6N2O3+. The van der Waals surface area contributed by atoms with Crippen LogP contribution in [0, 0.1) is 0 Å². The van der Waals surface area contributed by atoms with E-state index in [2.05, 4.69) is 4.74 Å². The average molecular weight is 387 g/mol. The van der Waals surface area contributed by atoms with Crippen molar-refractivity contribution in [3.8, 4) is 0 Å². The van der Waals surface area contributed by atoms with Gasteiger partial charge in [0.2, 0.25) is 5.91 Å². The maximum absolute atomic E-state index is 13.6. The van der Waals surface area contributed by atoms with Crippen LogP contribution < -0.4 is 10.6 Å². The van der Waals surface area contributed by atoms with E-state index < -0.39 is 42.0 Å². The summed E-state index contributed by atoms with van der Waals surface area (Å²) in [5.74, 6) is -2.93. The van der Waals surface area contributed by atoms with Gasteiger partial charge in [0.15, 0.2) is 0 Å². The quantitative estimate of drug-likeness (QED) is 0.444. The summed E-state index contributed by atoms with van der Waals surface area (Å²) in [5.41, 5.74) is -4.64. The molecule has 0 heterocycles. The van der Waals surface area contributed by atoms with Crippen LogP contribution in [0.4, 0.5) is 26.3 Å². The number of amides is 1. The Morgan fingerprint density at radius 3 is 2.23 bits per heavy atom. The van der Waals surface area contributed by atoms with Crippen molar-refractivity contribution in [3.05, 3.63) is 35.4 Å². The van der Waals surface area contributed by atoms with Crippen molar-refractivity contribution < 1.29 is 46.0 Å². The maximum Gasteiger partial charge on any atom is 0.478 e. The van der Waals surface area contributed by atoms with Crippen LogP contribution in [0.2, 0.25) is 0 Å². The molecule has 1 rings (SSSR count). The lowest BCUT2D eigenvalue weighted by Gasteiger charge is -2.31. The Kier molecular flexibility index (Phi) is 6.64. The van der Waals surface area contributed by atoms with E-state index in [4.69, 9.17) is 0 Å². The molecule has 146 valence electrons. The van der Waals surface area contributed by atoms with Crippen molar-refractivity contribution in [3.63, 3.8) is 0 Å². The molecule has 26 heavy (non-hydrogen) atoms. The van der Waals surface area contributed by atoms with E-state index in [0.717, 1.165) is 19.1 Å². The van der Waals surface area contributed by atoms with Crippen molar-refractivity contribution in [2.45, 2.75) is 38.4 Å². The first kappa shape index (κ1) is 21.7. The van der Waals surface area contributed by atoms with Crippen molar-refractivity contribution in [1.29, 1.82) is 0 Å². The van der Waals surface area contributed by atoms with Crippen LogP contribution in [0.1, 0.15) is 25.0 Å². The number of carbonyl (C=O) groups is 2. The molecule has 0 aliphatic rings. The molecule has 0 unspecified atom stereocenters. The van der Waals surface area contributed by atoms with Gasteiger partial charge in [-0.2, -0.15) is 26.3 Å².